The largest absolute Gasteiger partial charge is 0.424 e. The molecular weight excluding hydrogens is 452 g/mol. The molecular formula is C18H19F6N3O3S. The maximum Gasteiger partial charge on any atom is 0.424 e. The van der Waals surface area contributed by atoms with Crippen LogP contribution in [0, 0.1) is 17.5 Å². The Morgan fingerprint density at radius 1 is 1.06 bits per heavy atom. The fourth-order valence-corrected chi connectivity index (χ4v) is 4.06. The van der Waals surface area contributed by atoms with Crippen molar-refractivity contribution in [1.82, 2.24) is 9.71 Å². The number of hydrogen-bond donors (Lipinski definition) is 3. The van der Waals surface area contributed by atoms with Gasteiger partial charge in [0.05, 0.1) is 11.8 Å². The van der Waals surface area contributed by atoms with Crippen LogP contribution in [0.25, 0.3) is 11.3 Å². The van der Waals surface area contributed by atoms with Crippen LogP contribution in [0.3, 0.4) is 0 Å². The lowest BCUT2D eigenvalue weighted by Crippen LogP contribution is -2.50. The minimum absolute atomic E-state index is 0.252. The summed E-state index contributed by atoms with van der Waals surface area (Å²) < 4.78 is 110. The highest BCUT2D eigenvalue weighted by Gasteiger charge is 2.57. The summed E-state index contributed by atoms with van der Waals surface area (Å²) in [6.45, 7) is 0.444. The van der Waals surface area contributed by atoms with Crippen LogP contribution >= 0.6 is 0 Å². The van der Waals surface area contributed by atoms with Crippen LogP contribution in [0.5, 0.6) is 0 Å². The highest BCUT2D eigenvalue weighted by atomic mass is 32.2. The fraction of sp³-hybridized carbons (Fsp3) is 0.389. The highest BCUT2D eigenvalue weighted by Crippen LogP contribution is 2.42. The van der Waals surface area contributed by atoms with Crippen LogP contribution in [0.15, 0.2) is 24.3 Å². The molecule has 1 aromatic heterocycles. The first-order valence-electron chi connectivity index (χ1n) is 8.58. The summed E-state index contributed by atoms with van der Waals surface area (Å²) in [7, 11) is -4.09. The zero-order valence-corrected chi connectivity index (χ0v) is 17.3. The summed E-state index contributed by atoms with van der Waals surface area (Å²) in [6, 6.07) is 3.66. The van der Waals surface area contributed by atoms with Crippen LogP contribution in [-0.4, -0.2) is 37.5 Å². The lowest BCUT2D eigenvalue weighted by Gasteiger charge is -2.33. The highest BCUT2D eigenvalue weighted by molar-refractivity contribution is 7.88. The van der Waals surface area contributed by atoms with E-state index in [1.165, 1.54) is 0 Å². The molecule has 6 nitrogen and oxygen atoms in total. The molecule has 13 heteroatoms. The van der Waals surface area contributed by atoms with E-state index in [2.05, 4.69) is 4.98 Å². The SMILES string of the molecule is CC(C)(NS(C)(=O)=O)c1c(F)c(-c2ccc(F)cc2)nc([C@](O)(CN)C(F)(F)F)c1F. The van der Waals surface area contributed by atoms with Crippen molar-refractivity contribution < 1.29 is 39.9 Å². The van der Waals surface area contributed by atoms with E-state index in [1.54, 1.807) is 0 Å². The van der Waals surface area contributed by atoms with E-state index >= 15 is 8.78 Å². The zero-order valence-electron chi connectivity index (χ0n) is 16.5. The first-order valence-corrected chi connectivity index (χ1v) is 10.5. The maximum absolute atomic E-state index is 15.3. The predicted octanol–water partition coefficient (Wildman–Crippen LogP) is 2.66. The Balaban J connectivity index is 2.99. The molecule has 2 aromatic rings. The van der Waals surface area contributed by atoms with Gasteiger partial charge in [0, 0.05) is 17.7 Å². The minimum atomic E-state index is -5.51. The van der Waals surface area contributed by atoms with E-state index < -0.39 is 68.3 Å². The van der Waals surface area contributed by atoms with E-state index in [9.17, 15) is 31.1 Å². The van der Waals surface area contributed by atoms with Gasteiger partial charge in [-0.1, -0.05) is 0 Å². The molecule has 31 heavy (non-hydrogen) atoms. The van der Waals surface area contributed by atoms with Crippen LogP contribution in [0.2, 0.25) is 0 Å². The second-order valence-electron chi connectivity index (χ2n) is 7.38. The molecule has 0 unspecified atom stereocenters. The third kappa shape index (κ3) is 4.84. The van der Waals surface area contributed by atoms with E-state index in [-0.39, 0.29) is 5.56 Å². The van der Waals surface area contributed by atoms with Gasteiger partial charge in [0.1, 0.15) is 17.2 Å². The predicted molar refractivity (Wildman–Crippen MR) is 99.6 cm³/mol. The van der Waals surface area contributed by atoms with E-state index in [4.69, 9.17) is 5.73 Å². The molecule has 4 N–H and O–H groups in total. The first-order chi connectivity index (χ1) is 13.9. The number of nitrogens with zero attached hydrogens (tertiary/aromatic N) is 1. The van der Waals surface area contributed by atoms with Gasteiger partial charge in [0.2, 0.25) is 15.6 Å². The minimum Gasteiger partial charge on any atom is -0.374 e. The number of sulfonamides is 1. The number of alkyl halides is 3. The summed E-state index contributed by atoms with van der Waals surface area (Å²) in [4.78, 5) is 3.35. The van der Waals surface area contributed by atoms with Crippen molar-refractivity contribution in [2.45, 2.75) is 31.2 Å². The number of aromatic nitrogens is 1. The van der Waals surface area contributed by atoms with Crippen molar-refractivity contribution in [2.75, 3.05) is 12.8 Å². The number of aliphatic hydroxyl groups is 1. The van der Waals surface area contributed by atoms with Crippen molar-refractivity contribution in [3.8, 4) is 11.3 Å². The topological polar surface area (TPSA) is 105 Å². The molecule has 2 rings (SSSR count). The average Bonchev–Trinajstić information content (AvgIpc) is 2.59. The summed E-state index contributed by atoms with van der Waals surface area (Å²) in [5.41, 5.74) is -4.98. The molecule has 1 heterocycles. The monoisotopic (exact) mass is 471 g/mol. The second kappa shape index (κ2) is 8.04. The molecule has 0 saturated heterocycles. The smallest absolute Gasteiger partial charge is 0.374 e. The van der Waals surface area contributed by atoms with Crippen LogP contribution in [0.1, 0.15) is 25.1 Å². The fourth-order valence-electron chi connectivity index (χ4n) is 3.03. The third-order valence-electron chi connectivity index (χ3n) is 4.42. The molecule has 0 fully saturated rings. The summed E-state index contributed by atoms with van der Waals surface area (Å²) >= 11 is 0. The zero-order chi connectivity index (χ0) is 24.0. The van der Waals surface area contributed by atoms with Gasteiger partial charge in [-0.2, -0.15) is 13.2 Å². The molecule has 0 bridgehead atoms. The lowest BCUT2D eigenvalue weighted by atomic mass is 9.88. The summed E-state index contributed by atoms with van der Waals surface area (Å²) in [6.07, 6.45) is -4.83. The van der Waals surface area contributed by atoms with Crippen LogP contribution in [0.4, 0.5) is 26.3 Å². The van der Waals surface area contributed by atoms with Crippen molar-refractivity contribution in [3.63, 3.8) is 0 Å². The van der Waals surface area contributed by atoms with Gasteiger partial charge in [-0.3, -0.25) is 0 Å². The second-order valence-corrected chi connectivity index (χ2v) is 9.13. The molecule has 0 saturated carbocycles. The normalized spacial score (nSPS) is 15.1. The van der Waals surface area contributed by atoms with E-state index in [0.29, 0.717) is 6.26 Å². The quantitative estimate of drug-likeness (QED) is 0.562. The molecule has 172 valence electrons. The van der Waals surface area contributed by atoms with Crippen molar-refractivity contribution in [3.05, 3.63) is 53.0 Å². The molecule has 0 aliphatic carbocycles. The van der Waals surface area contributed by atoms with Gasteiger partial charge < -0.3 is 10.8 Å². The Morgan fingerprint density at radius 2 is 1.58 bits per heavy atom. The molecule has 1 atom stereocenters. The Morgan fingerprint density at radius 3 is 2.00 bits per heavy atom. The Kier molecular flexibility index (Phi) is 6.50. The Hall–Kier alpha value is -2.22. The maximum atomic E-state index is 15.3. The van der Waals surface area contributed by atoms with Gasteiger partial charge in [-0.05, 0) is 38.1 Å². The summed E-state index contributed by atoms with van der Waals surface area (Å²) in [5.74, 6) is -4.19. The first kappa shape index (κ1) is 25.0. The van der Waals surface area contributed by atoms with Gasteiger partial charge >= 0.3 is 6.18 Å². The van der Waals surface area contributed by atoms with E-state index in [1.807, 2.05) is 4.72 Å². The number of benzene rings is 1. The Bertz CT molecular complexity index is 1090. The number of hydrogen-bond acceptors (Lipinski definition) is 5. The standard InChI is InChI=1S/C18H19F6N3O3S/c1-16(2,27-31(3,29)30)11-12(20)14(9-4-6-10(19)7-5-9)26-15(13(11)21)17(28,8-25)18(22,23)24/h4-7,27-28H,8,25H2,1-3H3/t17-/m1/s1. The molecule has 0 amide bonds. The number of halogens is 6. The molecule has 0 spiro atoms. The third-order valence-corrected chi connectivity index (χ3v) is 5.30. The van der Waals surface area contributed by atoms with Crippen molar-refractivity contribution in [2.24, 2.45) is 5.73 Å². The molecule has 0 aliphatic heterocycles. The number of nitrogens with two attached hydrogens (primary N) is 1. The number of rotatable bonds is 6. The summed E-state index contributed by atoms with van der Waals surface area (Å²) in [5, 5.41) is 10.2. The van der Waals surface area contributed by atoms with Crippen LogP contribution < -0.4 is 10.5 Å². The van der Waals surface area contributed by atoms with Gasteiger partial charge in [-0.15, -0.1) is 0 Å². The van der Waals surface area contributed by atoms with E-state index in [0.717, 1.165) is 38.1 Å². The number of pyridine rings is 1. The van der Waals surface area contributed by atoms with Gasteiger partial charge in [-0.25, -0.2) is 31.3 Å². The number of nitrogens with one attached hydrogen (secondary N) is 1. The molecule has 0 radical (unpaired) electrons. The van der Waals surface area contributed by atoms with Gasteiger partial charge in [0.15, 0.2) is 11.6 Å². The van der Waals surface area contributed by atoms with Crippen LogP contribution in [-0.2, 0) is 21.2 Å². The molecule has 1 aromatic carbocycles. The lowest BCUT2D eigenvalue weighted by molar-refractivity contribution is -0.264. The Labute approximate surface area is 174 Å². The molecule has 0 aliphatic rings. The van der Waals surface area contributed by atoms with Gasteiger partial charge in [0.25, 0.3) is 0 Å². The average molecular weight is 471 g/mol. The van der Waals surface area contributed by atoms with Crippen molar-refractivity contribution >= 4 is 10.0 Å². The van der Waals surface area contributed by atoms with Crippen molar-refractivity contribution in [1.29, 1.82) is 0 Å².